The van der Waals surface area contributed by atoms with Crippen molar-refractivity contribution in [2.75, 3.05) is 6.54 Å². The Morgan fingerprint density at radius 2 is 1.95 bits per heavy atom. The van der Waals surface area contributed by atoms with Gasteiger partial charge in [0.15, 0.2) is 0 Å². The highest BCUT2D eigenvalue weighted by atomic mass is 16.6. The molecule has 0 unspecified atom stereocenters. The fourth-order valence-corrected chi connectivity index (χ4v) is 1.63. The number of carbonyl (C=O) groups is 2. The highest BCUT2D eigenvalue weighted by Gasteiger charge is 2.15. The van der Waals surface area contributed by atoms with Crippen LogP contribution in [0.15, 0.2) is 24.3 Å². The van der Waals surface area contributed by atoms with E-state index in [0.29, 0.717) is 24.9 Å². The molecule has 1 atom stereocenters. The first-order valence-electron chi connectivity index (χ1n) is 6.59. The lowest BCUT2D eigenvalue weighted by Gasteiger charge is -2.11. The number of ether oxygens (including phenoxy) is 1. The molecule has 120 valence electrons. The Labute approximate surface area is 126 Å². The Bertz CT molecular complexity index is 532. The number of hydrogen-bond acceptors (Lipinski definition) is 6. The Morgan fingerprint density at radius 3 is 2.50 bits per heavy atom. The summed E-state index contributed by atoms with van der Waals surface area (Å²) in [5.74, 6) is -0.572. The molecule has 2 amide bonds. The first-order valence-corrected chi connectivity index (χ1v) is 6.59. The second-order valence-electron chi connectivity index (χ2n) is 4.57. The predicted molar refractivity (Wildman–Crippen MR) is 77.7 cm³/mol. The lowest BCUT2D eigenvalue weighted by molar-refractivity contribution is -0.384. The zero-order chi connectivity index (χ0) is 16.5. The smallest absolute Gasteiger partial charge is 0.323 e. The van der Waals surface area contributed by atoms with Crippen LogP contribution in [0.4, 0.5) is 10.5 Å². The summed E-state index contributed by atoms with van der Waals surface area (Å²) in [5, 5.41) is 12.9. The van der Waals surface area contributed by atoms with E-state index in [0.717, 1.165) is 0 Å². The van der Waals surface area contributed by atoms with Gasteiger partial charge in [0.2, 0.25) is 0 Å². The molecule has 0 aliphatic rings. The normalized spacial score (nSPS) is 11.5. The van der Waals surface area contributed by atoms with E-state index in [4.69, 9.17) is 16.2 Å². The summed E-state index contributed by atoms with van der Waals surface area (Å²) < 4.78 is 5.02. The molecule has 0 radical (unpaired) electrons. The molecular formula is C13H18N4O5. The van der Waals surface area contributed by atoms with E-state index in [1.54, 1.807) is 0 Å². The van der Waals surface area contributed by atoms with E-state index in [1.807, 2.05) is 0 Å². The number of benzene rings is 1. The summed E-state index contributed by atoms with van der Waals surface area (Å²) in [7, 11) is 0. The molecule has 0 aliphatic carbocycles. The molecule has 1 aromatic rings. The van der Waals surface area contributed by atoms with Gasteiger partial charge in [0, 0.05) is 18.7 Å². The quantitative estimate of drug-likeness (QED) is 0.274. The van der Waals surface area contributed by atoms with Gasteiger partial charge in [-0.15, -0.1) is 0 Å². The van der Waals surface area contributed by atoms with E-state index >= 15 is 0 Å². The molecule has 0 fully saturated rings. The highest BCUT2D eigenvalue weighted by molar-refractivity contribution is 5.75. The van der Waals surface area contributed by atoms with E-state index in [9.17, 15) is 19.7 Å². The second-order valence-corrected chi connectivity index (χ2v) is 4.57. The summed E-state index contributed by atoms with van der Waals surface area (Å²) in [5.41, 5.74) is 11.1. The van der Waals surface area contributed by atoms with Gasteiger partial charge >= 0.3 is 12.0 Å². The zero-order valence-corrected chi connectivity index (χ0v) is 11.9. The monoisotopic (exact) mass is 310 g/mol. The number of urea groups is 1. The van der Waals surface area contributed by atoms with Crippen molar-refractivity contribution in [3.8, 4) is 0 Å². The number of nitrogens with two attached hydrogens (primary N) is 2. The zero-order valence-electron chi connectivity index (χ0n) is 11.9. The number of nitro benzene ring substituents is 1. The molecule has 0 heterocycles. The number of carbonyl (C=O) groups excluding carboxylic acids is 2. The van der Waals surface area contributed by atoms with Gasteiger partial charge in [-0.1, -0.05) is 0 Å². The third-order valence-electron chi connectivity index (χ3n) is 2.82. The fourth-order valence-electron chi connectivity index (χ4n) is 1.63. The molecule has 9 nitrogen and oxygen atoms in total. The average molecular weight is 310 g/mol. The molecule has 0 aliphatic heterocycles. The molecule has 0 aromatic heterocycles. The van der Waals surface area contributed by atoms with E-state index in [-0.39, 0.29) is 12.3 Å². The van der Waals surface area contributed by atoms with E-state index < -0.39 is 23.0 Å². The van der Waals surface area contributed by atoms with Crippen molar-refractivity contribution in [1.82, 2.24) is 5.32 Å². The van der Waals surface area contributed by atoms with Crippen LogP contribution < -0.4 is 16.8 Å². The van der Waals surface area contributed by atoms with Crippen molar-refractivity contribution in [1.29, 1.82) is 0 Å². The van der Waals surface area contributed by atoms with Gasteiger partial charge in [-0.05, 0) is 30.5 Å². The van der Waals surface area contributed by atoms with Crippen molar-refractivity contribution >= 4 is 17.7 Å². The lowest BCUT2D eigenvalue weighted by Crippen LogP contribution is -2.34. The van der Waals surface area contributed by atoms with Crippen LogP contribution in [-0.2, 0) is 16.1 Å². The number of nitrogens with one attached hydrogen (secondary N) is 1. The van der Waals surface area contributed by atoms with Crippen LogP contribution in [0, 0.1) is 10.1 Å². The van der Waals surface area contributed by atoms with Crippen LogP contribution >= 0.6 is 0 Å². The molecule has 0 bridgehead atoms. The minimum absolute atomic E-state index is 0.00986. The van der Waals surface area contributed by atoms with E-state index in [1.165, 1.54) is 24.3 Å². The minimum Gasteiger partial charge on any atom is -0.460 e. The first kappa shape index (κ1) is 17.4. The molecule has 0 saturated heterocycles. The summed E-state index contributed by atoms with van der Waals surface area (Å²) in [6, 6.07) is 4.25. The number of nitro groups is 1. The Kier molecular flexibility index (Phi) is 6.77. The van der Waals surface area contributed by atoms with Crippen molar-refractivity contribution in [3.05, 3.63) is 39.9 Å². The highest BCUT2D eigenvalue weighted by Crippen LogP contribution is 2.12. The molecular weight excluding hydrogens is 292 g/mol. The number of rotatable bonds is 8. The number of amides is 2. The van der Waals surface area contributed by atoms with E-state index in [2.05, 4.69) is 5.32 Å². The first-order chi connectivity index (χ1) is 10.4. The second kappa shape index (κ2) is 8.57. The molecule has 22 heavy (non-hydrogen) atoms. The van der Waals surface area contributed by atoms with Crippen molar-refractivity contribution in [3.63, 3.8) is 0 Å². The SMILES string of the molecule is NC(=O)NCCC[C@H](N)C(=O)OCc1ccc([N+](=O)[O-])cc1. The summed E-state index contributed by atoms with van der Waals surface area (Å²) in [6.07, 6.45) is 0.843. The maximum atomic E-state index is 11.7. The molecule has 9 heteroatoms. The van der Waals surface area contributed by atoms with Gasteiger partial charge in [0.1, 0.15) is 12.6 Å². The van der Waals surface area contributed by atoms with Crippen LogP contribution in [-0.4, -0.2) is 29.5 Å². The van der Waals surface area contributed by atoms with Gasteiger partial charge in [0.25, 0.3) is 5.69 Å². The van der Waals surface area contributed by atoms with Crippen LogP contribution in [0.1, 0.15) is 18.4 Å². The summed E-state index contributed by atoms with van der Waals surface area (Å²) in [6.45, 7) is 0.322. The van der Waals surface area contributed by atoms with Gasteiger partial charge < -0.3 is 21.5 Å². The van der Waals surface area contributed by atoms with Crippen molar-refractivity contribution < 1.29 is 19.2 Å². The van der Waals surface area contributed by atoms with Crippen LogP contribution in [0.3, 0.4) is 0 Å². The number of nitrogens with zero attached hydrogens (tertiary/aromatic N) is 1. The number of esters is 1. The summed E-state index contributed by atoms with van der Waals surface area (Å²) in [4.78, 5) is 32.1. The Balaban J connectivity index is 2.32. The van der Waals surface area contributed by atoms with Crippen LogP contribution in [0.25, 0.3) is 0 Å². The third-order valence-corrected chi connectivity index (χ3v) is 2.82. The maximum Gasteiger partial charge on any atom is 0.323 e. The Hall–Kier alpha value is -2.68. The summed E-state index contributed by atoms with van der Waals surface area (Å²) >= 11 is 0. The minimum atomic E-state index is -0.798. The van der Waals surface area contributed by atoms with Gasteiger partial charge in [-0.25, -0.2) is 4.79 Å². The molecule has 0 saturated carbocycles. The molecule has 1 rings (SSSR count). The van der Waals surface area contributed by atoms with Gasteiger partial charge in [0.05, 0.1) is 4.92 Å². The van der Waals surface area contributed by atoms with Crippen LogP contribution in [0.2, 0.25) is 0 Å². The molecule has 0 spiro atoms. The lowest BCUT2D eigenvalue weighted by atomic mass is 10.1. The molecule has 1 aromatic carbocycles. The van der Waals surface area contributed by atoms with Crippen molar-refractivity contribution in [2.45, 2.75) is 25.5 Å². The third kappa shape index (κ3) is 6.18. The standard InChI is InChI=1S/C13H18N4O5/c14-11(2-1-7-16-13(15)19)12(18)22-8-9-3-5-10(6-4-9)17(20)21/h3-6,11H,1-2,7-8,14H2,(H3,15,16,19)/t11-/m0/s1. The predicted octanol–water partition coefficient (Wildman–Crippen LogP) is 0.414. The number of hydrogen-bond donors (Lipinski definition) is 3. The van der Waals surface area contributed by atoms with Crippen molar-refractivity contribution in [2.24, 2.45) is 11.5 Å². The van der Waals surface area contributed by atoms with Gasteiger partial charge in [-0.2, -0.15) is 0 Å². The van der Waals surface area contributed by atoms with Crippen LogP contribution in [0.5, 0.6) is 0 Å². The Morgan fingerprint density at radius 1 is 1.32 bits per heavy atom. The molecule has 5 N–H and O–H groups in total. The topological polar surface area (TPSA) is 151 Å². The maximum absolute atomic E-state index is 11.7. The average Bonchev–Trinajstić information content (AvgIpc) is 2.49. The fraction of sp³-hybridized carbons (Fsp3) is 0.385. The largest absolute Gasteiger partial charge is 0.460 e. The number of non-ortho nitro benzene ring substituents is 1. The number of primary amides is 1. The van der Waals surface area contributed by atoms with Gasteiger partial charge in [-0.3, -0.25) is 14.9 Å².